The summed E-state index contributed by atoms with van der Waals surface area (Å²) in [6.07, 6.45) is 10.2. The largest absolute Gasteiger partial charge is 0.400 e. The summed E-state index contributed by atoms with van der Waals surface area (Å²) in [7, 11) is 2.54. The lowest BCUT2D eigenvalue weighted by atomic mass is 10.0. The molecule has 0 aliphatic carbocycles. The number of benzene rings is 1. The van der Waals surface area contributed by atoms with Crippen LogP contribution in [0.25, 0.3) is 5.57 Å². The smallest absolute Gasteiger partial charge is 0.230 e. The van der Waals surface area contributed by atoms with Crippen LogP contribution in [0.4, 0.5) is 0 Å². The van der Waals surface area contributed by atoms with Gasteiger partial charge in [-0.25, -0.2) is 0 Å². The fourth-order valence-corrected chi connectivity index (χ4v) is 2.95. The average molecular weight is 473 g/mol. The summed E-state index contributed by atoms with van der Waals surface area (Å²) in [5.74, 6) is -0.621. The van der Waals surface area contributed by atoms with Gasteiger partial charge in [0.1, 0.15) is 5.78 Å². The van der Waals surface area contributed by atoms with Crippen LogP contribution in [-0.4, -0.2) is 43.3 Å². The average Bonchev–Trinajstić information content (AvgIpc) is 2.84. The fraction of sp³-hybridized carbons (Fsp3) is 0.464. The first kappa shape index (κ1) is 33.2. The predicted octanol–water partition coefficient (Wildman–Crippen LogP) is 5.10. The molecule has 1 amide bonds. The molecule has 34 heavy (non-hydrogen) atoms. The van der Waals surface area contributed by atoms with Gasteiger partial charge >= 0.3 is 0 Å². The van der Waals surface area contributed by atoms with Crippen LogP contribution in [0.3, 0.4) is 0 Å². The highest BCUT2D eigenvalue weighted by Crippen LogP contribution is 2.17. The molecule has 1 atom stereocenters. The molecule has 0 fully saturated rings. The van der Waals surface area contributed by atoms with Crippen LogP contribution in [0.2, 0.25) is 0 Å². The monoisotopic (exact) mass is 472 g/mol. The number of unbranched alkanes of at least 4 members (excludes halogenated alkanes) is 2. The summed E-state index contributed by atoms with van der Waals surface area (Å²) in [5.41, 5.74) is 3.99. The van der Waals surface area contributed by atoms with E-state index in [0.717, 1.165) is 36.1 Å². The summed E-state index contributed by atoms with van der Waals surface area (Å²) < 4.78 is 0. The van der Waals surface area contributed by atoms with Gasteiger partial charge in [-0.1, -0.05) is 69.7 Å². The molecule has 0 bridgehead atoms. The van der Waals surface area contributed by atoms with Gasteiger partial charge in [0, 0.05) is 32.0 Å². The van der Waals surface area contributed by atoms with Crippen molar-refractivity contribution in [2.45, 2.75) is 60.3 Å². The number of aliphatic hydroxyl groups is 1. The van der Waals surface area contributed by atoms with E-state index >= 15 is 0 Å². The minimum absolute atomic E-state index is 0.0677. The van der Waals surface area contributed by atoms with Gasteiger partial charge in [0.2, 0.25) is 5.91 Å². The Hall–Kier alpha value is -2.99. The number of rotatable bonds is 12. The molecule has 1 unspecified atom stereocenters. The standard InChI is InChI=1S/C20H27NO.C7H13NO2.CH4O/c1-5-7-8-15-21-16(3)9-10-18(6-2)20-13-11-19(12-14-20)17(4)22;1-4-6(5(2)9)7(10)8-3;1-2/h6,9-14,21H,2,5,7-8,15H2,1,3-4H3;6H,4H2,1-3H3,(H,8,10);2H,1H3/b16-9+,18-10+;;. The molecule has 0 aromatic heterocycles. The van der Waals surface area contributed by atoms with Crippen LogP contribution in [0, 0.1) is 5.92 Å². The lowest BCUT2D eigenvalue weighted by Crippen LogP contribution is -2.31. The third-order valence-corrected chi connectivity index (χ3v) is 5.00. The minimum atomic E-state index is -0.454. The van der Waals surface area contributed by atoms with Gasteiger partial charge in [-0.2, -0.15) is 0 Å². The Morgan fingerprint density at radius 3 is 1.91 bits per heavy atom. The Kier molecular flexibility index (Phi) is 20.1. The molecule has 1 aromatic rings. The van der Waals surface area contributed by atoms with Crippen LogP contribution in [0.5, 0.6) is 0 Å². The normalized spacial score (nSPS) is 11.6. The Morgan fingerprint density at radius 1 is 0.971 bits per heavy atom. The summed E-state index contributed by atoms with van der Waals surface area (Å²) in [5, 5.41) is 12.8. The number of nitrogens with one attached hydrogen (secondary N) is 2. The summed E-state index contributed by atoms with van der Waals surface area (Å²) >= 11 is 0. The molecular weight excluding hydrogens is 428 g/mol. The van der Waals surface area contributed by atoms with Crippen molar-refractivity contribution >= 4 is 23.0 Å². The first-order valence-corrected chi connectivity index (χ1v) is 11.7. The first-order valence-electron chi connectivity index (χ1n) is 11.7. The third kappa shape index (κ3) is 14.2. The molecule has 0 aliphatic rings. The van der Waals surface area contributed by atoms with Crippen molar-refractivity contribution in [3.05, 3.63) is 65.9 Å². The number of ketones is 2. The van der Waals surface area contributed by atoms with Gasteiger partial charge in [0.05, 0.1) is 5.92 Å². The number of amides is 1. The summed E-state index contributed by atoms with van der Waals surface area (Å²) in [4.78, 5) is 32.9. The van der Waals surface area contributed by atoms with E-state index in [2.05, 4.69) is 43.2 Å². The molecule has 190 valence electrons. The lowest BCUT2D eigenvalue weighted by molar-refractivity contribution is -0.132. The maximum absolute atomic E-state index is 11.3. The van der Waals surface area contributed by atoms with Gasteiger partial charge in [-0.05, 0) is 50.8 Å². The zero-order chi connectivity index (χ0) is 26.5. The number of hydrogen-bond donors (Lipinski definition) is 3. The number of carbonyl (C=O) groups is 3. The predicted molar refractivity (Wildman–Crippen MR) is 143 cm³/mol. The molecule has 0 saturated heterocycles. The van der Waals surface area contributed by atoms with E-state index < -0.39 is 5.92 Å². The second-order valence-electron chi connectivity index (χ2n) is 7.63. The zero-order valence-electron chi connectivity index (χ0n) is 22.0. The highest BCUT2D eigenvalue weighted by molar-refractivity contribution is 6.00. The van der Waals surface area contributed by atoms with Crippen LogP contribution < -0.4 is 10.6 Å². The van der Waals surface area contributed by atoms with Crippen LogP contribution >= 0.6 is 0 Å². The van der Waals surface area contributed by atoms with Crippen molar-refractivity contribution in [3.63, 3.8) is 0 Å². The minimum Gasteiger partial charge on any atom is -0.400 e. The summed E-state index contributed by atoms with van der Waals surface area (Å²) in [6, 6.07) is 7.63. The van der Waals surface area contributed by atoms with Crippen molar-refractivity contribution in [2.75, 3.05) is 20.7 Å². The quantitative estimate of drug-likeness (QED) is 0.170. The van der Waals surface area contributed by atoms with E-state index in [1.807, 2.05) is 37.3 Å². The third-order valence-electron chi connectivity index (χ3n) is 5.00. The van der Waals surface area contributed by atoms with E-state index in [0.29, 0.717) is 6.42 Å². The maximum atomic E-state index is 11.3. The van der Waals surface area contributed by atoms with Crippen molar-refractivity contribution in [1.29, 1.82) is 0 Å². The van der Waals surface area contributed by atoms with E-state index in [1.54, 1.807) is 6.92 Å². The summed E-state index contributed by atoms with van der Waals surface area (Å²) in [6.45, 7) is 14.0. The van der Waals surface area contributed by atoms with Crippen molar-refractivity contribution in [2.24, 2.45) is 5.92 Å². The molecule has 0 aliphatic heterocycles. The fourth-order valence-electron chi connectivity index (χ4n) is 2.95. The molecule has 0 radical (unpaired) electrons. The van der Waals surface area contributed by atoms with Crippen molar-refractivity contribution in [3.8, 4) is 0 Å². The van der Waals surface area contributed by atoms with Gasteiger partial charge in [0.25, 0.3) is 0 Å². The van der Waals surface area contributed by atoms with Gasteiger partial charge < -0.3 is 15.7 Å². The molecule has 6 nitrogen and oxygen atoms in total. The first-order chi connectivity index (χ1) is 16.2. The number of carbonyl (C=O) groups excluding carboxylic acids is 3. The Bertz CT molecular complexity index is 808. The number of aliphatic hydroxyl groups excluding tert-OH is 1. The lowest BCUT2D eigenvalue weighted by Gasteiger charge is -2.07. The highest BCUT2D eigenvalue weighted by Gasteiger charge is 2.18. The van der Waals surface area contributed by atoms with Crippen molar-refractivity contribution in [1.82, 2.24) is 10.6 Å². The van der Waals surface area contributed by atoms with Crippen LogP contribution in [-0.2, 0) is 9.59 Å². The SMILES string of the molecule is C=C/C(=C\C=C(/C)NCCCCC)c1ccc(C(C)=O)cc1.CCC(C(C)=O)C(=O)NC.CO. The van der Waals surface area contributed by atoms with Crippen LogP contribution in [0.15, 0.2) is 54.8 Å². The maximum Gasteiger partial charge on any atom is 0.230 e. The second kappa shape index (κ2) is 20.6. The van der Waals surface area contributed by atoms with Crippen molar-refractivity contribution < 1.29 is 19.5 Å². The molecule has 6 heteroatoms. The van der Waals surface area contributed by atoms with E-state index in [1.165, 1.54) is 33.2 Å². The Morgan fingerprint density at radius 2 is 1.53 bits per heavy atom. The zero-order valence-corrected chi connectivity index (χ0v) is 22.0. The second-order valence-corrected chi connectivity index (χ2v) is 7.63. The van der Waals surface area contributed by atoms with Gasteiger partial charge in [0.15, 0.2) is 5.78 Å². The topological polar surface area (TPSA) is 95.5 Å². The van der Waals surface area contributed by atoms with E-state index in [4.69, 9.17) is 5.11 Å². The molecule has 1 aromatic carbocycles. The van der Waals surface area contributed by atoms with Crippen LogP contribution in [0.1, 0.15) is 76.2 Å². The molecule has 0 saturated carbocycles. The number of hydrogen-bond acceptors (Lipinski definition) is 5. The molecule has 3 N–H and O–H groups in total. The molecule has 1 rings (SSSR count). The molecular formula is C28H44N2O4. The van der Waals surface area contributed by atoms with Gasteiger partial charge in [-0.3, -0.25) is 14.4 Å². The van der Waals surface area contributed by atoms with E-state index in [9.17, 15) is 14.4 Å². The molecule has 0 heterocycles. The van der Waals surface area contributed by atoms with E-state index in [-0.39, 0.29) is 17.5 Å². The Balaban J connectivity index is 0. The highest BCUT2D eigenvalue weighted by atomic mass is 16.2. The number of Topliss-reactive ketones (excluding diaryl/α,β-unsaturated/α-hetero) is 2. The number of allylic oxidation sites excluding steroid dienone is 5. The van der Waals surface area contributed by atoms with Gasteiger partial charge in [-0.15, -0.1) is 0 Å². The Labute approximate surface area is 206 Å². The molecule has 0 spiro atoms.